The van der Waals surface area contributed by atoms with Crippen LogP contribution in [0.25, 0.3) is 0 Å². The van der Waals surface area contributed by atoms with Crippen LogP contribution in [0.5, 0.6) is 0 Å². The van der Waals surface area contributed by atoms with E-state index in [9.17, 15) is 4.79 Å². The SMILES string of the molecule is O=CCc1cnc(CC2CCCS2)o1. The Labute approximate surface area is 87.3 Å². The lowest BCUT2D eigenvalue weighted by Crippen LogP contribution is -2.01. The van der Waals surface area contributed by atoms with E-state index in [4.69, 9.17) is 4.42 Å². The van der Waals surface area contributed by atoms with Gasteiger partial charge < -0.3 is 9.21 Å². The zero-order valence-corrected chi connectivity index (χ0v) is 8.76. The molecule has 0 aliphatic carbocycles. The Balaban J connectivity index is 1.91. The molecule has 1 aromatic heterocycles. The summed E-state index contributed by atoms with van der Waals surface area (Å²) in [7, 11) is 0. The van der Waals surface area contributed by atoms with E-state index >= 15 is 0 Å². The molecule has 2 heterocycles. The number of oxazole rings is 1. The normalized spacial score (nSPS) is 21.3. The largest absolute Gasteiger partial charge is 0.445 e. The van der Waals surface area contributed by atoms with Gasteiger partial charge in [0.2, 0.25) is 0 Å². The summed E-state index contributed by atoms with van der Waals surface area (Å²) in [6, 6.07) is 0. The minimum absolute atomic E-state index is 0.338. The summed E-state index contributed by atoms with van der Waals surface area (Å²) in [5.74, 6) is 2.71. The van der Waals surface area contributed by atoms with Crippen LogP contribution in [0.15, 0.2) is 10.6 Å². The number of rotatable bonds is 4. The third-order valence-corrected chi connectivity index (χ3v) is 3.71. The van der Waals surface area contributed by atoms with E-state index in [1.165, 1.54) is 18.6 Å². The van der Waals surface area contributed by atoms with Crippen LogP contribution >= 0.6 is 11.8 Å². The van der Waals surface area contributed by atoms with Crippen molar-refractivity contribution in [1.29, 1.82) is 0 Å². The quantitative estimate of drug-likeness (QED) is 0.713. The van der Waals surface area contributed by atoms with Crippen molar-refractivity contribution in [2.24, 2.45) is 0 Å². The van der Waals surface area contributed by atoms with Crippen LogP contribution in [0.3, 0.4) is 0 Å². The lowest BCUT2D eigenvalue weighted by Gasteiger charge is -2.03. The molecule has 0 aromatic carbocycles. The molecule has 0 radical (unpaired) electrons. The third-order valence-electron chi connectivity index (χ3n) is 2.31. The average molecular weight is 211 g/mol. The van der Waals surface area contributed by atoms with Gasteiger partial charge in [-0.2, -0.15) is 11.8 Å². The van der Waals surface area contributed by atoms with Gasteiger partial charge in [0.1, 0.15) is 12.0 Å². The Kier molecular flexibility index (Phi) is 3.24. The van der Waals surface area contributed by atoms with E-state index in [2.05, 4.69) is 4.98 Å². The van der Waals surface area contributed by atoms with Gasteiger partial charge in [-0.3, -0.25) is 0 Å². The van der Waals surface area contributed by atoms with Gasteiger partial charge in [0.05, 0.1) is 12.6 Å². The Morgan fingerprint density at radius 1 is 1.71 bits per heavy atom. The Bertz CT molecular complexity index is 305. The number of carbonyl (C=O) groups is 1. The fourth-order valence-corrected chi connectivity index (χ4v) is 2.88. The molecule has 3 nitrogen and oxygen atoms in total. The van der Waals surface area contributed by atoms with E-state index in [1.54, 1.807) is 6.20 Å². The maximum Gasteiger partial charge on any atom is 0.195 e. The summed E-state index contributed by atoms with van der Waals surface area (Å²) in [5, 5.41) is 0.665. The summed E-state index contributed by atoms with van der Waals surface area (Å²) in [5.41, 5.74) is 0. The standard InChI is InChI=1S/C10H13NO2S/c12-4-3-8-7-11-10(13-8)6-9-2-1-5-14-9/h4,7,9H,1-3,5-6H2. The summed E-state index contributed by atoms with van der Waals surface area (Å²) in [6.45, 7) is 0. The first-order valence-electron chi connectivity index (χ1n) is 4.87. The molecular formula is C10H13NO2S. The van der Waals surface area contributed by atoms with Crippen LogP contribution < -0.4 is 0 Å². The predicted octanol–water partition coefficient (Wildman–Crippen LogP) is 1.85. The smallest absolute Gasteiger partial charge is 0.195 e. The van der Waals surface area contributed by atoms with Crippen molar-refractivity contribution in [2.75, 3.05) is 5.75 Å². The van der Waals surface area contributed by atoms with Crippen LogP contribution in [0, 0.1) is 0 Å². The molecule has 1 aliphatic heterocycles. The van der Waals surface area contributed by atoms with Crippen molar-refractivity contribution >= 4 is 18.0 Å². The van der Waals surface area contributed by atoms with E-state index in [0.717, 1.165) is 18.6 Å². The summed E-state index contributed by atoms with van der Waals surface area (Å²) < 4.78 is 5.43. The Morgan fingerprint density at radius 2 is 2.64 bits per heavy atom. The number of aromatic nitrogens is 1. The second kappa shape index (κ2) is 4.64. The first-order valence-corrected chi connectivity index (χ1v) is 5.92. The van der Waals surface area contributed by atoms with Crippen molar-refractivity contribution in [3.8, 4) is 0 Å². The van der Waals surface area contributed by atoms with Crippen molar-refractivity contribution in [2.45, 2.75) is 30.9 Å². The van der Waals surface area contributed by atoms with Crippen molar-refractivity contribution in [3.63, 3.8) is 0 Å². The molecule has 0 saturated carbocycles. The first-order chi connectivity index (χ1) is 6.88. The van der Waals surface area contributed by atoms with Crippen LogP contribution in [0.4, 0.5) is 0 Å². The van der Waals surface area contributed by atoms with E-state index in [1.807, 2.05) is 11.8 Å². The molecule has 0 spiro atoms. The molecule has 0 bridgehead atoms. The number of thioether (sulfide) groups is 1. The molecule has 1 fully saturated rings. The van der Waals surface area contributed by atoms with Crippen molar-refractivity contribution in [3.05, 3.63) is 17.8 Å². The zero-order chi connectivity index (χ0) is 9.80. The monoisotopic (exact) mass is 211 g/mol. The van der Waals surface area contributed by atoms with Crippen molar-refractivity contribution < 1.29 is 9.21 Å². The second-order valence-electron chi connectivity index (χ2n) is 3.43. The second-order valence-corrected chi connectivity index (χ2v) is 4.84. The molecule has 1 unspecified atom stereocenters. The molecule has 1 aliphatic rings. The molecule has 4 heteroatoms. The number of nitrogens with zero attached hydrogens (tertiary/aromatic N) is 1. The minimum atomic E-state index is 0.338. The van der Waals surface area contributed by atoms with Gasteiger partial charge in [-0.25, -0.2) is 4.98 Å². The number of carbonyl (C=O) groups excluding carboxylic acids is 1. The van der Waals surface area contributed by atoms with Crippen LogP contribution in [0.2, 0.25) is 0 Å². The van der Waals surface area contributed by atoms with Crippen LogP contribution in [-0.4, -0.2) is 22.3 Å². The van der Waals surface area contributed by atoms with Crippen LogP contribution in [-0.2, 0) is 17.6 Å². The zero-order valence-electron chi connectivity index (χ0n) is 7.94. The van der Waals surface area contributed by atoms with E-state index in [-0.39, 0.29) is 0 Å². The molecule has 1 saturated heterocycles. The Morgan fingerprint density at radius 3 is 3.36 bits per heavy atom. The summed E-state index contributed by atoms with van der Waals surface area (Å²) in [6.07, 6.45) is 6.31. The van der Waals surface area contributed by atoms with Gasteiger partial charge in [0.25, 0.3) is 0 Å². The maximum atomic E-state index is 10.2. The Hall–Kier alpha value is -0.770. The predicted molar refractivity (Wildman–Crippen MR) is 55.5 cm³/mol. The van der Waals surface area contributed by atoms with Gasteiger partial charge >= 0.3 is 0 Å². The van der Waals surface area contributed by atoms with E-state index in [0.29, 0.717) is 17.4 Å². The van der Waals surface area contributed by atoms with Crippen LogP contribution in [0.1, 0.15) is 24.5 Å². The average Bonchev–Trinajstić information content (AvgIpc) is 2.79. The molecule has 76 valence electrons. The summed E-state index contributed by atoms with van der Waals surface area (Å²) in [4.78, 5) is 14.4. The minimum Gasteiger partial charge on any atom is -0.445 e. The molecule has 1 aromatic rings. The lowest BCUT2D eigenvalue weighted by atomic mass is 10.2. The number of aldehydes is 1. The lowest BCUT2D eigenvalue weighted by molar-refractivity contribution is -0.107. The fourth-order valence-electron chi connectivity index (χ4n) is 1.62. The van der Waals surface area contributed by atoms with Gasteiger partial charge in [0.15, 0.2) is 5.89 Å². The molecule has 0 amide bonds. The highest BCUT2D eigenvalue weighted by Crippen LogP contribution is 2.28. The van der Waals surface area contributed by atoms with Gasteiger partial charge in [-0.05, 0) is 18.6 Å². The summed E-state index contributed by atoms with van der Waals surface area (Å²) >= 11 is 1.99. The third kappa shape index (κ3) is 2.38. The highest BCUT2D eigenvalue weighted by Gasteiger charge is 2.18. The van der Waals surface area contributed by atoms with Crippen molar-refractivity contribution in [1.82, 2.24) is 4.98 Å². The topological polar surface area (TPSA) is 43.1 Å². The number of hydrogen-bond acceptors (Lipinski definition) is 4. The highest BCUT2D eigenvalue weighted by molar-refractivity contribution is 8.00. The molecular weight excluding hydrogens is 198 g/mol. The molecule has 1 atom stereocenters. The fraction of sp³-hybridized carbons (Fsp3) is 0.600. The first kappa shape index (κ1) is 9.77. The maximum absolute atomic E-state index is 10.2. The van der Waals surface area contributed by atoms with Gasteiger partial charge in [-0.1, -0.05) is 0 Å². The number of hydrogen-bond donors (Lipinski definition) is 0. The van der Waals surface area contributed by atoms with Gasteiger partial charge in [-0.15, -0.1) is 0 Å². The molecule has 0 N–H and O–H groups in total. The molecule has 14 heavy (non-hydrogen) atoms. The molecule has 2 rings (SSSR count). The van der Waals surface area contributed by atoms with Gasteiger partial charge in [0, 0.05) is 11.7 Å². The highest BCUT2D eigenvalue weighted by atomic mass is 32.2. The van der Waals surface area contributed by atoms with E-state index < -0.39 is 0 Å².